The van der Waals surface area contributed by atoms with Gasteiger partial charge in [-0.3, -0.25) is 9.59 Å². The number of hydrogen-bond donors (Lipinski definition) is 1. The lowest BCUT2D eigenvalue weighted by Crippen LogP contribution is -2.45. The van der Waals surface area contributed by atoms with E-state index in [9.17, 15) is 14.0 Å². The molecule has 0 saturated carbocycles. The molecular formula is C23H25FN2O2. The van der Waals surface area contributed by atoms with E-state index >= 15 is 0 Å². The van der Waals surface area contributed by atoms with E-state index < -0.39 is 5.54 Å². The third kappa shape index (κ3) is 3.84. The SMILES string of the molecule is C=CC(=O)NCc1ccc(C(=O)N2CCC(c3ccccc3F)C2(C)C)cc1. The standard InChI is InChI=1S/C23H25FN2O2/c1-4-21(27)25-15-16-9-11-17(12-10-16)22(28)26-14-13-19(23(26,2)3)18-7-5-6-8-20(18)24/h4-12,19H,1,13-15H2,2-3H3,(H,25,27). The normalized spacial score (nSPS) is 18.0. The Kier molecular flexibility index (Phi) is 5.63. The van der Waals surface area contributed by atoms with E-state index in [4.69, 9.17) is 0 Å². The molecule has 1 aliphatic rings. The van der Waals surface area contributed by atoms with Crippen molar-refractivity contribution in [3.63, 3.8) is 0 Å². The van der Waals surface area contributed by atoms with Gasteiger partial charge in [-0.1, -0.05) is 36.9 Å². The van der Waals surface area contributed by atoms with Crippen LogP contribution in [0, 0.1) is 5.82 Å². The Labute approximate surface area is 165 Å². The fourth-order valence-electron chi connectivity index (χ4n) is 3.93. The van der Waals surface area contributed by atoms with E-state index in [2.05, 4.69) is 11.9 Å². The minimum atomic E-state index is -0.490. The molecule has 146 valence electrons. The molecule has 2 amide bonds. The maximum atomic E-state index is 14.3. The number of nitrogens with zero attached hydrogens (tertiary/aromatic N) is 1. The van der Waals surface area contributed by atoms with Gasteiger partial charge >= 0.3 is 0 Å². The molecule has 28 heavy (non-hydrogen) atoms. The van der Waals surface area contributed by atoms with E-state index in [0.717, 1.165) is 12.0 Å². The minimum Gasteiger partial charge on any atom is -0.348 e. The zero-order valence-corrected chi connectivity index (χ0v) is 16.2. The van der Waals surface area contributed by atoms with Crippen LogP contribution in [0.1, 0.15) is 47.7 Å². The third-order valence-electron chi connectivity index (χ3n) is 5.57. The van der Waals surface area contributed by atoms with Crippen molar-refractivity contribution in [1.82, 2.24) is 10.2 Å². The lowest BCUT2D eigenvalue weighted by Gasteiger charge is -2.36. The molecule has 1 atom stereocenters. The van der Waals surface area contributed by atoms with Gasteiger partial charge in [-0.25, -0.2) is 4.39 Å². The van der Waals surface area contributed by atoms with Gasteiger partial charge in [-0.2, -0.15) is 0 Å². The first-order chi connectivity index (χ1) is 13.3. The van der Waals surface area contributed by atoms with Gasteiger partial charge in [-0.05, 0) is 55.7 Å². The molecule has 5 heteroatoms. The number of benzene rings is 2. The van der Waals surface area contributed by atoms with E-state index in [-0.39, 0.29) is 23.5 Å². The molecule has 2 aromatic carbocycles. The highest BCUT2D eigenvalue weighted by Gasteiger charge is 2.45. The molecule has 3 rings (SSSR count). The molecule has 1 saturated heterocycles. The summed E-state index contributed by atoms with van der Waals surface area (Å²) >= 11 is 0. The molecule has 1 fully saturated rings. The predicted octanol–water partition coefficient (Wildman–Crippen LogP) is 4.04. The summed E-state index contributed by atoms with van der Waals surface area (Å²) in [6.45, 7) is 8.37. The van der Waals surface area contributed by atoms with Crippen LogP contribution in [0.4, 0.5) is 4.39 Å². The molecule has 0 spiro atoms. The molecule has 1 N–H and O–H groups in total. The van der Waals surface area contributed by atoms with Crippen molar-refractivity contribution in [1.29, 1.82) is 0 Å². The molecule has 0 aliphatic carbocycles. The van der Waals surface area contributed by atoms with Gasteiger partial charge in [0.15, 0.2) is 0 Å². The highest BCUT2D eigenvalue weighted by molar-refractivity contribution is 5.95. The van der Waals surface area contributed by atoms with Gasteiger partial charge in [0.2, 0.25) is 5.91 Å². The van der Waals surface area contributed by atoms with Crippen LogP contribution >= 0.6 is 0 Å². The van der Waals surface area contributed by atoms with Crippen LogP contribution in [-0.4, -0.2) is 28.8 Å². The molecular weight excluding hydrogens is 355 g/mol. The smallest absolute Gasteiger partial charge is 0.254 e. The van der Waals surface area contributed by atoms with Crippen LogP contribution in [-0.2, 0) is 11.3 Å². The first kappa shape index (κ1) is 19.8. The summed E-state index contributed by atoms with van der Waals surface area (Å²) < 4.78 is 14.3. The average Bonchev–Trinajstić information content (AvgIpc) is 3.00. The van der Waals surface area contributed by atoms with Gasteiger partial charge in [-0.15, -0.1) is 0 Å². The van der Waals surface area contributed by atoms with E-state index in [1.807, 2.05) is 43.0 Å². The molecule has 1 aliphatic heterocycles. The summed E-state index contributed by atoms with van der Waals surface area (Å²) in [7, 11) is 0. The molecule has 2 aromatic rings. The maximum absolute atomic E-state index is 14.3. The van der Waals surface area contributed by atoms with Crippen molar-refractivity contribution in [2.24, 2.45) is 0 Å². The zero-order chi connectivity index (χ0) is 20.3. The number of hydrogen-bond acceptors (Lipinski definition) is 2. The van der Waals surface area contributed by atoms with Crippen LogP contribution in [0.25, 0.3) is 0 Å². The summed E-state index contributed by atoms with van der Waals surface area (Å²) in [4.78, 5) is 26.2. The van der Waals surface area contributed by atoms with Crippen LogP contribution in [0.5, 0.6) is 0 Å². The number of likely N-dealkylation sites (tertiary alicyclic amines) is 1. The number of carbonyl (C=O) groups is 2. The van der Waals surface area contributed by atoms with Crippen molar-refractivity contribution in [2.75, 3.05) is 6.54 Å². The minimum absolute atomic E-state index is 0.0500. The van der Waals surface area contributed by atoms with Crippen LogP contribution in [0.3, 0.4) is 0 Å². The van der Waals surface area contributed by atoms with Crippen LogP contribution < -0.4 is 5.32 Å². The molecule has 1 unspecified atom stereocenters. The number of halogens is 1. The topological polar surface area (TPSA) is 49.4 Å². The Hall–Kier alpha value is -2.95. The summed E-state index contributed by atoms with van der Waals surface area (Å²) in [5, 5.41) is 2.71. The van der Waals surface area contributed by atoms with Gasteiger partial charge in [0.1, 0.15) is 5.82 Å². The molecule has 0 aromatic heterocycles. The van der Waals surface area contributed by atoms with Crippen molar-refractivity contribution >= 4 is 11.8 Å². The van der Waals surface area contributed by atoms with Gasteiger partial charge < -0.3 is 10.2 Å². The highest BCUT2D eigenvalue weighted by atomic mass is 19.1. The van der Waals surface area contributed by atoms with Gasteiger partial charge in [0, 0.05) is 30.1 Å². The predicted molar refractivity (Wildman–Crippen MR) is 107 cm³/mol. The van der Waals surface area contributed by atoms with E-state index in [1.165, 1.54) is 12.1 Å². The summed E-state index contributed by atoms with van der Waals surface area (Å²) in [6.07, 6.45) is 1.95. The fraction of sp³-hybridized carbons (Fsp3) is 0.304. The Morgan fingerprint density at radius 3 is 2.54 bits per heavy atom. The number of carbonyl (C=O) groups excluding carboxylic acids is 2. The first-order valence-electron chi connectivity index (χ1n) is 9.40. The largest absolute Gasteiger partial charge is 0.348 e. The summed E-state index contributed by atoms with van der Waals surface area (Å²) in [6, 6.07) is 14.0. The van der Waals surface area contributed by atoms with Crippen molar-refractivity contribution in [2.45, 2.75) is 38.3 Å². The quantitative estimate of drug-likeness (QED) is 0.796. The monoisotopic (exact) mass is 380 g/mol. The zero-order valence-electron chi connectivity index (χ0n) is 16.2. The van der Waals surface area contributed by atoms with Gasteiger partial charge in [0.05, 0.1) is 0 Å². The van der Waals surface area contributed by atoms with Crippen molar-refractivity contribution < 1.29 is 14.0 Å². The second kappa shape index (κ2) is 7.97. The lowest BCUT2D eigenvalue weighted by atomic mass is 9.82. The van der Waals surface area contributed by atoms with Gasteiger partial charge in [0.25, 0.3) is 5.91 Å². The maximum Gasteiger partial charge on any atom is 0.254 e. The Bertz CT molecular complexity index is 890. The van der Waals surface area contributed by atoms with Crippen molar-refractivity contribution in [3.8, 4) is 0 Å². The lowest BCUT2D eigenvalue weighted by molar-refractivity contribution is -0.116. The average molecular weight is 380 g/mol. The molecule has 0 radical (unpaired) electrons. The van der Waals surface area contributed by atoms with E-state index in [1.54, 1.807) is 18.2 Å². The molecule has 0 bridgehead atoms. The highest BCUT2D eigenvalue weighted by Crippen LogP contribution is 2.43. The Morgan fingerprint density at radius 2 is 1.89 bits per heavy atom. The second-order valence-electron chi connectivity index (χ2n) is 7.59. The third-order valence-corrected chi connectivity index (χ3v) is 5.57. The number of rotatable bonds is 5. The Balaban J connectivity index is 1.75. The van der Waals surface area contributed by atoms with Crippen molar-refractivity contribution in [3.05, 3.63) is 83.7 Å². The Morgan fingerprint density at radius 1 is 1.21 bits per heavy atom. The fourth-order valence-corrected chi connectivity index (χ4v) is 3.93. The second-order valence-corrected chi connectivity index (χ2v) is 7.59. The van der Waals surface area contributed by atoms with Crippen LogP contribution in [0.2, 0.25) is 0 Å². The summed E-state index contributed by atoms with van der Waals surface area (Å²) in [5.74, 6) is -0.574. The molecule has 1 heterocycles. The molecule has 4 nitrogen and oxygen atoms in total. The number of amides is 2. The van der Waals surface area contributed by atoms with E-state index in [0.29, 0.717) is 24.2 Å². The summed E-state index contributed by atoms with van der Waals surface area (Å²) in [5.41, 5.74) is 1.66. The first-order valence-corrected chi connectivity index (χ1v) is 9.40. The van der Waals surface area contributed by atoms with Crippen LogP contribution in [0.15, 0.2) is 61.2 Å². The number of nitrogens with one attached hydrogen (secondary N) is 1.